The molecule has 2 N–H and O–H groups in total. The molecule has 0 aliphatic rings. The van der Waals surface area contributed by atoms with E-state index in [1.54, 1.807) is 6.20 Å². The third-order valence-electron chi connectivity index (χ3n) is 2.28. The van der Waals surface area contributed by atoms with Crippen LogP contribution in [0.15, 0.2) is 28.5 Å². The Morgan fingerprint density at radius 3 is 2.29 bits per heavy atom. The van der Waals surface area contributed by atoms with Crippen LogP contribution in [0.2, 0.25) is 0 Å². The van der Waals surface area contributed by atoms with E-state index in [2.05, 4.69) is 15.0 Å². The lowest BCUT2D eigenvalue weighted by atomic mass is 10.3. The normalized spacial score (nSPS) is 10.5. The van der Waals surface area contributed by atoms with Crippen molar-refractivity contribution in [3.63, 3.8) is 0 Å². The van der Waals surface area contributed by atoms with Crippen LogP contribution in [0, 0.1) is 20.8 Å². The van der Waals surface area contributed by atoms with E-state index in [1.165, 1.54) is 11.8 Å². The van der Waals surface area contributed by atoms with E-state index in [0.29, 0.717) is 5.69 Å². The minimum Gasteiger partial charge on any atom is -0.397 e. The maximum atomic E-state index is 5.73. The minimum atomic E-state index is 0.704. The molecule has 0 bridgehead atoms. The minimum absolute atomic E-state index is 0.704. The number of hydrogen-bond acceptors (Lipinski definition) is 5. The number of nitrogen functional groups attached to an aromatic ring is 1. The van der Waals surface area contributed by atoms with Gasteiger partial charge in [0.15, 0.2) is 5.16 Å². The van der Waals surface area contributed by atoms with Crippen LogP contribution in [0.3, 0.4) is 0 Å². The van der Waals surface area contributed by atoms with Crippen LogP contribution in [0.4, 0.5) is 5.69 Å². The zero-order valence-electron chi connectivity index (χ0n) is 10.1. The number of anilines is 1. The monoisotopic (exact) mass is 246 g/mol. The molecule has 5 heteroatoms. The maximum Gasteiger partial charge on any atom is 0.194 e. The highest BCUT2D eigenvalue weighted by atomic mass is 32.2. The summed E-state index contributed by atoms with van der Waals surface area (Å²) in [4.78, 5) is 13.0. The van der Waals surface area contributed by atoms with Crippen molar-refractivity contribution >= 4 is 17.4 Å². The average Bonchev–Trinajstić information content (AvgIpc) is 2.22. The Hall–Kier alpha value is -1.62. The first-order chi connectivity index (χ1) is 8.04. The molecule has 2 aromatic heterocycles. The second-order valence-electron chi connectivity index (χ2n) is 3.91. The van der Waals surface area contributed by atoms with Gasteiger partial charge in [-0.1, -0.05) is 0 Å². The number of aromatic nitrogens is 3. The van der Waals surface area contributed by atoms with Gasteiger partial charge in [-0.25, -0.2) is 15.0 Å². The van der Waals surface area contributed by atoms with E-state index < -0.39 is 0 Å². The lowest BCUT2D eigenvalue weighted by molar-refractivity contribution is 0.898. The highest BCUT2D eigenvalue weighted by molar-refractivity contribution is 7.99. The van der Waals surface area contributed by atoms with Crippen LogP contribution in [-0.4, -0.2) is 15.0 Å². The Kier molecular flexibility index (Phi) is 3.28. The van der Waals surface area contributed by atoms with Gasteiger partial charge >= 0.3 is 0 Å². The lowest BCUT2D eigenvalue weighted by Crippen LogP contribution is -1.95. The molecule has 0 unspecified atom stereocenters. The van der Waals surface area contributed by atoms with Gasteiger partial charge in [0.25, 0.3) is 0 Å². The van der Waals surface area contributed by atoms with Crippen LogP contribution in [0.25, 0.3) is 0 Å². The molecule has 0 aliphatic carbocycles. The van der Waals surface area contributed by atoms with Crippen molar-refractivity contribution in [1.29, 1.82) is 0 Å². The first-order valence-corrected chi connectivity index (χ1v) is 6.08. The molecule has 2 rings (SSSR count). The zero-order valence-corrected chi connectivity index (χ0v) is 10.9. The lowest BCUT2D eigenvalue weighted by Gasteiger charge is -2.04. The molecule has 0 amide bonds. The molecule has 2 heterocycles. The zero-order chi connectivity index (χ0) is 12.4. The standard InChI is InChI=1S/C12H14N4S/c1-7-4-11(14-6-10(7)13)17-12-15-8(2)5-9(3)16-12/h4-6H,13H2,1-3H3. The van der Waals surface area contributed by atoms with Crippen LogP contribution in [-0.2, 0) is 0 Å². The summed E-state index contributed by atoms with van der Waals surface area (Å²) in [5.41, 5.74) is 9.38. The quantitative estimate of drug-likeness (QED) is 0.825. The Bertz CT molecular complexity index is 534. The van der Waals surface area contributed by atoms with Crippen LogP contribution in [0.1, 0.15) is 17.0 Å². The fourth-order valence-electron chi connectivity index (χ4n) is 1.43. The molecular formula is C12H14N4S. The van der Waals surface area contributed by atoms with Gasteiger partial charge in [0, 0.05) is 11.4 Å². The van der Waals surface area contributed by atoms with Gasteiger partial charge in [-0.3, -0.25) is 0 Å². The third kappa shape index (κ3) is 2.94. The van der Waals surface area contributed by atoms with E-state index >= 15 is 0 Å². The molecule has 2 aromatic rings. The molecule has 0 radical (unpaired) electrons. The van der Waals surface area contributed by atoms with Gasteiger partial charge in [0.05, 0.1) is 11.9 Å². The van der Waals surface area contributed by atoms with Crippen LogP contribution in [0.5, 0.6) is 0 Å². The Morgan fingerprint density at radius 1 is 1.06 bits per heavy atom. The van der Waals surface area contributed by atoms with Crippen molar-refractivity contribution in [2.24, 2.45) is 0 Å². The summed E-state index contributed by atoms with van der Waals surface area (Å²) in [7, 11) is 0. The fourth-order valence-corrected chi connectivity index (χ4v) is 2.34. The average molecular weight is 246 g/mol. The molecule has 88 valence electrons. The summed E-state index contributed by atoms with van der Waals surface area (Å²) in [6.45, 7) is 5.88. The summed E-state index contributed by atoms with van der Waals surface area (Å²) >= 11 is 1.45. The van der Waals surface area contributed by atoms with Crippen molar-refractivity contribution in [1.82, 2.24) is 15.0 Å². The number of pyridine rings is 1. The van der Waals surface area contributed by atoms with E-state index in [0.717, 1.165) is 27.1 Å². The van der Waals surface area contributed by atoms with Crippen LogP contribution < -0.4 is 5.73 Å². The number of nitrogens with two attached hydrogens (primary N) is 1. The second-order valence-corrected chi connectivity index (χ2v) is 4.90. The number of nitrogens with zero attached hydrogens (tertiary/aromatic N) is 3. The summed E-state index contributed by atoms with van der Waals surface area (Å²) in [6.07, 6.45) is 1.67. The molecular weight excluding hydrogens is 232 g/mol. The molecule has 0 saturated heterocycles. The Morgan fingerprint density at radius 2 is 1.71 bits per heavy atom. The summed E-state index contributed by atoms with van der Waals surface area (Å²) in [5.74, 6) is 0. The molecule has 0 saturated carbocycles. The highest BCUT2D eigenvalue weighted by Crippen LogP contribution is 2.25. The molecule has 0 aromatic carbocycles. The first kappa shape index (κ1) is 11.9. The number of aryl methyl sites for hydroxylation is 3. The SMILES string of the molecule is Cc1cc(C)nc(Sc2cc(C)c(N)cn2)n1. The van der Waals surface area contributed by atoms with Gasteiger partial charge < -0.3 is 5.73 Å². The van der Waals surface area contributed by atoms with Crippen molar-refractivity contribution in [2.45, 2.75) is 31.0 Å². The maximum absolute atomic E-state index is 5.73. The van der Waals surface area contributed by atoms with Crippen molar-refractivity contribution in [3.8, 4) is 0 Å². The van der Waals surface area contributed by atoms with Crippen molar-refractivity contribution in [2.75, 3.05) is 5.73 Å². The van der Waals surface area contributed by atoms with Crippen molar-refractivity contribution in [3.05, 3.63) is 35.3 Å². The summed E-state index contributed by atoms with van der Waals surface area (Å²) < 4.78 is 0. The van der Waals surface area contributed by atoms with Gasteiger partial charge in [-0.05, 0) is 50.2 Å². The molecule has 0 atom stereocenters. The molecule has 0 aliphatic heterocycles. The summed E-state index contributed by atoms with van der Waals surface area (Å²) in [6, 6.07) is 3.90. The molecule has 0 fully saturated rings. The van der Waals surface area contributed by atoms with Gasteiger partial charge in [0.1, 0.15) is 5.03 Å². The third-order valence-corrected chi connectivity index (χ3v) is 3.08. The van der Waals surface area contributed by atoms with Gasteiger partial charge in [-0.15, -0.1) is 0 Å². The van der Waals surface area contributed by atoms with Crippen molar-refractivity contribution < 1.29 is 0 Å². The second kappa shape index (κ2) is 4.71. The molecule has 0 spiro atoms. The fraction of sp³-hybridized carbons (Fsp3) is 0.250. The van der Waals surface area contributed by atoms with E-state index in [1.807, 2.05) is 32.9 Å². The largest absolute Gasteiger partial charge is 0.397 e. The van der Waals surface area contributed by atoms with E-state index in [9.17, 15) is 0 Å². The number of hydrogen-bond donors (Lipinski definition) is 1. The van der Waals surface area contributed by atoms with Crippen LogP contribution >= 0.6 is 11.8 Å². The smallest absolute Gasteiger partial charge is 0.194 e. The topological polar surface area (TPSA) is 64.7 Å². The Labute approximate surface area is 105 Å². The van der Waals surface area contributed by atoms with E-state index in [4.69, 9.17) is 5.73 Å². The Balaban J connectivity index is 2.28. The predicted molar refractivity (Wildman–Crippen MR) is 69.0 cm³/mol. The predicted octanol–water partition coefficient (Wildman–Crippen LogP) is 2.53. The van der Waals surface area contributed by atoms with E-state index in [-0.39, 0.29) is 0 Å². The molecule has 17 heavy (non-hydrogen) atoms. The highest BCUT2D eigenvalue weighted by Gasteiger charge is 2.05. The summed E-state index contributed by atoms with van der Waals surface area (Å²) in [5, 5.41) is 1.58. The first-order valence-electron chi connectivity index (χ1n) is 5.27. The number of rotatable bonds is 2. The molecule has 4 nitrogen and oxygen atoms in total. The van der Waals surface area contributed by atoms with Gasteiger partial charge in [-0.2, -0.15) is 0 Å². The van der Waals surface area contributed by atoms with Gasteiger partial charge in [0.2, 0.25) is 0 Å².